The number of nitro benzene ring substituents is 1. The van der Waals surface area contributed by atoms with Crippen molar-refractivity contribution in [1.82, 2.24) is 9.88 Å². The average Bonchev–Trinajstić information content (AvgIpc) is 3.08. The van der Waals surface area contributed by atoms with Crippen molar-refractivity contribution in [1.29, 1.82) is 0 Å². The third kappa shape index (κ3) is 3.32. The van der Waals surface area contributed by atoms with Crippen LogP contribution in [0.5, 0.6) is 0 Å². The topological polar surface area (TPSA) is 62.5 Å². The van der Waals surface area contributed by atoms with E-state index in [-0.39, 0.29) is 11.7 Å². The van der Waals surface area contributed by atoms with E-state index >= 15 is 0 Å². The number of hydrogen-bond donors (Lipinski definition) is 0. The second-order valence-corrected chi connectivity index (χ2v) is 6.39. The minimum atomic E-state index is -0.583. The van der Waals surface area contributed by atoms with Gasteiger partial charge in [0, 0.05) is 43.8 Å². The third-order valence-electron chi connectivity index (χ3n) is 4.15. The molecule has 1 atom stereocenters. The Kier molecular flexibility index (Phi) is 4.53. The Balaban J connectivity index is 1.66. The van der Waals surface area contributed by atoms with E-state index in [0.29, 0.717) is 18.8 Å². The number of aromatic nitrogens is 1. The molecule has 1 aromatic carbocycles. The Labute approximate surface area is 137 Å². The number of thiazole rings is 1. The van der Waals surface area contributed by atoms with Crippen molar-refractivity contribution in [3.05, 3.63) is 50.7 Å². The molecule has 0 aliphatic carbocycles. The van der Waals surface area contributed by atoms with E-state index < -0.39 is 10.7 Å². The van der Waals surface area contributed by atoms with Crippen LogP contribution in [0.1, 0.15) is 18.0 Å². The maximum atomic E-state index is 14.1. The zero-order valence-corrected chi connectivity index (χ0v) is 13.5. The van der Waals surface area contributed by atoms with Crippen LogP contribution in [0.2, 0.25) is 0 Å². The van der Waals surface area contributed by atoms with Gasteiger partial charge in [-0.15, -0.1) is 11.3 Å². The molecule has 1 unspecified atom stereocenters. The first-order valence-corrected chi connectivity index (χ1v) is 8.26. The van der Waals surface area contributed by atoms with Crippen molar-refractivity contribution in [3.8, 4) is 0 Å². The number of nitro groups is 1. The maximum Gasteiger partial charge on any atom is 0.272 e. The van der Waals surface area contributed by atoms with Crippen molar-refractivity contribution in [2.24, 2.45) is 0 Å². The summed E-state index contributed by atoms with van der Waals surface area (Å²) in [7, 11) is 0. The monoisotopic (exact) mass is 336 g/mol. The van der Waals surface area contributed by atoms with Gasteiger partial charge in [0.05, 0.1) is 22.7 Å². The number of hydrogen-bond acceptors (Lipinski definition) is 6. The van der Waals surface area contributed by atoms with Crippen LogP contribution in [0, 0.1) is 15.9 Å². The zero-order chi connectivity index (χ0) is 16.4. The van der Waals surface area contributed by atoms with Crippen molar-refractivity contribution < 1.29 is 9.31 Å². The molecule has 1 fully saturated rings. The summed E-state index contributed by atoms with van der Waals surface area (Å²) in [5.74, 6) is -0.541. The summed E-state index contributed by atoms with van der Waals surface area (Å²) >= 11 is 1.64. The summed E-state index contributed by atoms with van der Waals surface area (Å²) in [4.78, 5) is 18.7. The van der Waals surface area contributed by atoms with Gasteiger partial charge in [-0.2, -0.15) is 0 Å². The first-order valence-electron chi connectivity index (χ1n) is 7.38. The Morgan fingerprint density at radius 2 is 2.09 bits per heavy atom. The van der Waals surface area contributed by atoms with Crippen LogP contribution in [0.3, 0.4) is 0 Å². The van der Waals surface area contributed by atoms with Crippen LogP contribution in [-0.2, 0) is 0 Å². The molecule has 0 spiro atoms. The molecule has 0 bridgehead atoms. The lowest BCUT2D eigenvalue weighted by molar-refractivity contribution is -0.385. The van der Waals surface area contributed by atoms with Crippen molar-refractivity contribution >= 4 is 22.7 Å². The number of rotatable bonds is 4. The lowest BCUT2D eigenvalue weighted by Crippen LogP contribution is -2.47. The fourth-order valence-corrected chi connectivity index (χ4v) is 3.54. The molecule has 8 heteroatoms. The average molecular weight is 336 g/mol. The van der Waals surface area contributed by atoms with Crippen LogP contribution in [-0.4, -0.2) is 41.0 Å². The molecule has 0 N–H and O–H groups in total. The van der Waals surface area contributed by atoms with Crippen LogP contribution in [0.15, 0.2) is 29.8 Å². The predicted octanol–water partition coefficient (Wildman–Crippen LogP) is 3.07. The molecular weight excluding hydrogens is 319 g/mol. The third-order valence-corrected chi connectivity index (χ3v) is 5.10. The summed E-state index contributed by atoms with van der Waals surface area (Å²) < 4.78 is 14.1. The lowest BCUT2D eigenvalue weighted by atomic mass is 10.2. The second-order valence-electron chi connectivity index (χ2n) is 5.46. The summed E-state index contributed by atoms with van der Waals surface area (Å²) in [6, 6.07) is 4.08. The van der Waals surface area contributed by atoms with E-state index in [4.69, 9.17) is 0 Å². The number of halogens is 1. The van der Waals surface area contributed by atoms with Gasteiger partial charge in [-0.25, -0.2) is 9.37 Å². The molecule has 122 valence electrons. The van der Waals surface area contributed by atoms with Crippen LogP contribution >= 0.6 is 11.3 Å². The smallest absolute Gasteiger partial charge is 0.272 e. The van der Waals surface area contributed by atoms with Gasteiger partial charge in [0.2, 0.25) is 0 Å². The first kappa shape index (κ1) is 15.8. The molecule has 6 nitrogen and oxygen atoms in total. The molecule has 1 aliphatic heterocycles. The summed E-state index contributed by atoms with van der Waals surface area (Å²) in [6.45, 7) is 5.10. The van der Waals surface area contributed by atoms with E-state index in [1.54, 1.807) is 17.5 Å². The Morgan fingerprint density at radius 3 is 2.65 bits per heavy atom. The van der Waals surface area contributed by atoms with Gasteiger partial charge in [-0.05, 0) is 13.0 Å². The summed E-state index contributed by atoms with van der Waals surface area (Å²) in [5, 5.41) is 13.7. The van der Waals surface area contributed by atoms with Crippen molar-refractivity contribution in [2.75, 3.05) is 31.1 Å². The molecule has 23 heavy (non-hydrogen) atoms. The van der Waals surface area contributed by atoms with Gasteiger partial charge in [0.25, 0.3) is 5.69 Å². The molecule has 1 aliphatic rings. The van der Waals surface area contributed by atoms with E-state index in [1.807, 2.05) is 10.3 Å². The van der Waals surface area contributed by atoms with E-state index in [0.717, 1.165) is 24.2 Å². The molecule has 2 heterocycles. The summed E-state index contributed by atoms with van der Waals surface area (Å²) in [6.07, 6.45) is 1.80. The molecule has 1 saturated heterocycles. The molecule has 0 amide bonds. The minimum Gasteiger partial charge on any atom is -0.367 e. The lowest BCUT2D eigenvalue weighted by Gasteiger charge is -2.38. The largest absolute Gasteiger partial charge is 0.367 e. The minimum absolute atomic E-state index is 0.220. The van der Waals surface area contributed by atoms with Crippen LogP contribution in [0.25, 0.3) is 0 Å². The Morgan fingerprint density at radius 1 is 1.35 bits per heavy atom. The molecule has 0 saturated carbocycles. The molecule has 0 radical (unpaired) electrons. The fraction of sp³-hybridized carbons (Fsp3) is 0.400. The van der Waals surface area contributed by atoms with Crippen molar-refractivity contribution in [2.45, 2.75) is 13.0 Å². The summed E-state index contributed by atoms with van der Waals surface area (Å²) in [5.41, 5.74) is 0.208. The van der Waals surface area contributed by atoms with E-state index in [1.165, 1.54) is 12.1 Å². The fourth-order valence-electron chi connectivity index (χ4n) is 2.81. The Hall–Kier alpha value is -2.06. The van der Waals surface area contributed by atoms with Crippen LogP contribution in [0.4, 0.5) is 15.8 Å². The first-order chi connectivity index (χ1) is 11.1. The SMILES string of the molecule is CC(c1nccs1)N1CCN(c2ccc([N+](=O)[O-])cc2F)CC1. The second kappa shape index (κ2) is 6.59. The van der Waals surface area contributed by atoms with Gasteiger partial charge in [0.15, 0.2) is 5.82 Å². The number of benzene rings is 1. The van der Waals surface area contributed by atoms with Gasteiger partial charge < -0.3 is 4.90 Å². The van der Waals surface area contributed by atoms with Gasteiger partial charge in [-0.1, -0.05) is 0 Å². The Bertz CT molecular complexity index is 687. The quantitative estimate of drug-likeness (QED) is 0.634. The van der Waals surface area contributed by atoms with Gasteiger partial charge in [0.1, 0.15) is 5.01 Å². The maximum absolute atomic E-state index is 14.1. The highest BCUT2D eigenvalue weighted by Crippen LogP contribution is 2.28. The highest BCUT2D eigenvalue weighted by molar-refractivity contribution is 7.09. The number of piperazine rings is 1. The van der Waals surface area contributed by atoms with E-state index in [2.05, 4.69) is 16.8 Å². The van der Waals surface area contributed by atoms with E-state index in [9.17, 15) is 14.5 Å². The highest BCUT2D eigenvalue weighted by Gasteiger charge is 2.25. The van der Waals surface area contributed by atoms with Gasteiger partial charge >= 0.3 is 0 Å². The van der Waals surface area contributed by atoms with Crippen molar-refractivity contribution in [3.63, 3.8) is 0 Å². The molecular formula is C15H17FN4O2S. The molecule has 1 aromatic heterocycles. The number of nitrogens with zero attached hydrogens (tertiary/aromatic N) is 4. The van der Waals surface area contributed by atoms with Crippen LogP contribution < -0.4 is 4.90 Å². The highest BCUT2D eigenvalue weighted by atomic mass is 32.1. The molecule has 2 aromatic rings. The number of anilines is 1. The standard InChI is InChI=1S/C15H17FN4O2S/c1-11(15-17-4-9-23-15)18-5-7-19(8-6-18)14-3-2-12(20(21)22)10-13(14)16/h2-4,9-11H,5-8H2,1H3. The predicted molar refractivity (Wildman–Crippen MR) is 87.4 cm³/mol. The number of non-ortho nitro benzene ring substituents is 1. The normalized spacial score (nSPS) is 17.2. The van der Waals surface area contributed by atoms with Gasteiger partial charge in [-0.3, -0.25) is 15.0 Å². The zero-order valence-electron chi connectivity index (χ0n) is 12.7. The molecule has 3 rings (SSSR count).